The molecule has 1 N–H and O–H groups in total. The Hall–Kier alpha value is -2.84. The molecule has 2 rings (SSSR count). The van der Waals surface area contributed by atoms with E-state index >= 15 is 0 Å². The number of halogens is 3. The van der Waals surface area contributed by atoms with E-state index in [-0.39, 0.29) is 23.4 Å². The normalized spacial score (nSPS) is 17.8. The van der Waals surface area contributed by atoms with Gasteiger partial charge in [0.25, 0.3) is 0 Å². The molecule has 0 radical (unpaired) electrons. The highest BCUT2D eigenvalue weighted by Gasteiger charge is 2.40. The third kappa shape index (κ3) is 4.12. The second-order valence-electron chi connectivity index (χ2n) is 5.92. The maximum atomic E-state index is 13.0. The number of anilines is 1. The molecule has 1 aliphatic heterocycles. The van der Waals surface area contributed by atoms with Crippen molar-refractivity contribution < 1.29 is 32.3 Å². The van der Waals surface area contributed by atoms with Gasteiger partial charge in [-0.05, 0) is 32.0 Å². The van der Waals surface area contributed by atoms with Crippen LogP contribution in [0, 0.1) is 5.92 Å². The molecule has 6 nitrogen and oxygen atoms in total. The number of benzene rings is 1. The van der Waals surface area contributed by atoms with Crippen molar-refractivity contribution in [2.24, 2.45) is 5.92 Å². The van der Waals surface area contributed by atoms with Gasteiger partial charge in [-0.15, -0.1) is 0 Å². The van der Waals surface area contributed by atoms with Crippen LogP contribution < -0.4 is 10.2 Å². The van der Waals surface area contributed by atoms with Gasteiger partial charge in [-0.3, -0.25) is 14.5 Å². The van der Waals surface area contributed by atoms with Crippen molar-refractivity contribution in [1.82, 2.24) is 5.32 Å². The number of esters is 1. The van der Waals surface area contributed by atoms with E-state index in [1.807, 2.05) is 0 Å². The van der Waals surface area contributed by atoms with Crippen molar-refractivity contribution in [3.63, 3.8) is 0 Å². The predicted octanol–water partition coefficient (Wildman–Crippen LogP) is 2.64. The molecule has 1 aromatic carbocycles. The lowest BCUT2D eigenvalue weighted by Crippen LogP contribution is -2.44. The number of carbonyl (C=O) groups excluding carboxylic acids is 3. The van der Waals surface area contributed by atoms with Crippen LogP contribution in [0.25, 0.3) is 0 Å². The summed E-state index contributed by atoms with van der Waals surface area (Å²) in [4.78, 5) is 38.1. The minimum atomic E-state index is -4.58. The van der Waals surface area contributed by atoms with Crippen molar-refractivity contribution in [3.8, 4) is 0 Å². The summed E-state index contributed by atoms with van der Waals surface area (Å²) >= 11 is 0. The topological polar surface area (TPSA) is 75.7 Å². The zero-order valence-electron chi connectivity index (χ0n) is 15.0. The van der Waals surface area contributed by atoms with Gasteiger partial charge in [-0.25, -0.2) is 4.79 Å². The molecule has 1 unspecified atom stereocenters. The van der Waals surface area contributed by atoms with E-state index in [0.29, 0.717) is 6.54 Å². The molecule has 0 bridgehead atoms. The number of alkyl halides is 3. The number of ether oxygens (including phenoxy) is 1. The molecule has 1 aromatic rings. The first-order chi connectivity index (χ1) is 12.6. The fraction of sp³-hybridized carbons (Fsp3) is 0.389. The number of allylic oxidation sites excluding steroid dienone is 1. The second-order valence-corrected chi connectivity index (χ2v) is 5.92. The molecule has 1 heterocycles. The largest absolute Gasteiger partial charge is 0.466 e. The van der Waals surface area contributed by atoms with E-state index in [1.54, 1.807) is 6.92 Å². The summed E-state index contributed by atoms with van der Waals surface area (Å²) in [7, 11) is 1.13. The van der Waals surface area contributed by atoms with E-state index in [4.69, 9.17) is 4.74 Å². The third-order valence-corrected chi connectivity index (χ3v) is 4.21. The maximum absolute atomic E-state index is 13.0. The van der Waals surface area contributed by atoms with E-state index in [0.717, 1.165) is 24.1 Å². The van der Waals surface area contributed by atoms with Crippen LogP contribution in [-0.4, -0.2) is 31.4 Å². The Kier molecular flexibility index (Phi) is 5.92. The molecule has 0 saturated carbocycles. The van der Waals surface area contributed by atoms with Crippen molar-refractivity contribution in [2.45, 2.75) is 26.4 Å². The summed E-state index contributed by atoms with van der Waals surface area (Å²) < 4.78 is 43.7. The Morgan fingerprint density at radius 1 is 1.33 bits per heavy atom. The van der Waals surface area contributed by atoms with Gasteiger partial charge in [-0.2, -0.15) is 13.2 Å². The first kappa shape index (κ1) is 20.5. The summed E-state index contributed by atoms with van der Waals surface area (Å²) in [5.41, 5.74) is -0.955. The number of carbonyl (C=O) groups is 3. The summed E-state index contributed by atoms with van der Waals surface area (Å²) in [6, 6.07) is 4.21. The summed E-state index contributed by atoms with van der Waals surface area (Å²) in [5, 5.41) is 2.55. The molecule has 146 valence electrons. The quantitative estimate of drug-likeness (QED) is 0.810. The van der Waals surface area contributed by atoms with E-state index in [9.17, 15) is 27.6 Å². The minimum absolute atomic E-state index is 0.0388. The molecule has 0 spiro atoms. The predicted molar refractivity (Wildman–Crippen MR) is 90.4 cm³/mol. The maximum Gasteiger partial charge on any atom is 0.416 e. The lowest BCUT2D eigenvalue weighted by molar-refractivity contribution is -0.139. The SMILES string of the molecule is CCNC(=O)C1CC(=O)N(c2cccc(C(F)(F)F)c2)C(C)=C1C(=O)OC. The van der Waals surface area contributed by atoms with Crippen LogP contribution in [0.3, 0.4) is 0 Å². The lowest BCUT2D eigenvalue weighted by Gasteiger charge is -2.33. The average Bonchev–Trinajstić information content (AvgIpc) is 2.60. The molecule has 27 heavy (non-hydrogen) atoms. The summed E-state index contributed by atoms with van der Waals surface area (Å²) in [5.74, 6) is -2.98. The molecule has 0 aliphatic carbocycles. The van der Waals surface area contributed by atoms with Crippen LogP contribution in [0.4, 0.5) is 18.9 Å². The van der Waals surface area contributed by atoms with Gasteiger partial charge in [0.05, 0.1) is 24.2 Å². The Bertz CT molecular complexity index is 802. The van der Waals surface area contributed by atoms with Crippen molar-refractivity contribution >= 4 is 23.5 Å². The number of methoxy groups -OCH3 is 1. The second kappa shape index (κ2) is 7.81. The summed E-state index contributed by atoms with van der Waals surface area (Å²) in [6.45, 7) is 3.38. The standard InChI is InChI=1S/C18H19F3N2O4/c1-4-22-16(25)13-9-14(24)23(10(2)15(13)17(26)27-3)12-7-5-6-11(8-12)18(19,20)21/h5-8,13H,4,9H2,1-3H3,(H,22,25). The smallest absolute Gasteiger partial charge is 0.416 e. The third-order valence-electron chi connectivity index (χ3n) is 4.21. The van der Waals surface area contributed by atoms with Crippen LogP contribution >= 0.6 is 0 Å². The van der Waals surface area contributed by atoms with Crippen LogP contribution in [0.15, 0.2) is 35.5 Å². The highest BCUT2D eigenvalue weighted by atomic mass is 19.4. The fourth-order valence-corrected chi connectivity index (χ4v) is 3.01. The minimum Gasteiger partial charge on any atom is -0.466 e. The monoisotopic (exact) mass is 384 g/mol. The Balaban J connectivity index is 2.58. The number of amides is 2. The first-order valence-electron chi connectivity index (χ1n) is 8.18. The van der Waals surface area contributed by atoms with Gasteiger partial charge in [-0.1, -0.05) is 6.07 Å². The van der Waals surface area contributed by atoms with Gasteiger partial charge < -0.3 is 10.1 Å². The van der Waals surface area contributed by atoms with E-state index in [1.165, 1.54) is 19.1 Å². The Morgan fingerprint density at radius 3 is 2.56 bits per heavy atom. The van der Waals surface area contributed by atoms with E-state index < -0.39 is 35.4 Å². The number of hydrogen-bond acceptors (Lipinski definition) is 4. The highest BCUT2D eigenvalue weighted by Crippen LogP contribution is 2.36. The highest BCUT2D eigenvalue weighted by molar-refractivity contribution is 6.08. The molecule has 1 atom stereocenters. The Morgan fingerprint density at radius 2 is 2.00 bits per heavy atom. The molecule has 2 amide bonds. The zero-order chi connectivity index (χ0) is 20.4. The first-order valence-corrected chi connectivity index (χ1v) is 8.18. The molecule has 0 fully saturated rings. The van der Waals surface area contributed by atoms with Crippen LogP contribution in [0.1, 0.15) is 25.8 Å². The van der Waals surface area contributed by atoms with Crippen molar-refractivity contribution in [1.29, 1.82) is 0 Å². The zero-order valence-corrected chi connectivity index (χ0v) is 15.0. The molecule has 0 saturated heterocycles. The van der Waals surface area contributed by atoms with Crippen LogP contribution in [0.2, 0.25) is 0 Å². The average molecular weight is 384 g/mol. The number of rotatable bonds is 4. The lowest BCUT2D eigenvalue weighted by atomic mass is 9.88. The van der Waals surface area contributed by atoms with Crippen LogP contribution in [-0.2, 0) is 25.3 Å². The number of nitrogens with one attached hydrogen (secondary N) is 1. The molecular formula is C18H19F3N2O4. The van der Waals surface area contributed by atoms with Crippen LogP contribution in [0.5, 0.6) is 0 Å². The summed E-state index contributed by atoms with van der Waals surface area (Å²) in [6.07, 6.45) is -4.94. The molecule has 1 aliphatic rings. The molecule has 9 heteroatoms. The van der Waals surface area contributed by atoms with Crippen molar-refractivity contribution in [3.05, 3.63) is 41.1 Å². The molecular weight excluding hydrogens is 365 g/mol. The van der Waals surface area contributed by atoms with Gasteiger partial charge in [0.15, 0.2) is 0 Å². The van der Waals surface area contributed by atoms with Gasteiger partial charge in [0.1, 0.15) is 0 Å². The van der Waals surface area contributed by atoms with E-state index in [2.05, 4.69) is 5.32 Å². The molecule has 0 aromatic heterocycles. The number of hydrogen-bond donors (Lipinski definition) is 1. The number of nitrogens with zero attached hydrogens (tertiary/aromatic N) is 1. The van der Waals surface area contributed by atoms with Gasteiger partial charge in [0, 0.05) is 24.4 Å². The fourth-order valence-electron chi connectivity index (χ4n) is 3.01. The Labute approximate surface area is 154 Å². The van der Waals surface area contributed by atoms with Crippen molar-refractivity contribution in [2.75, 3.05) is 18.6 Å². The van der Waals surface area contributed by atoms with Gasteiger partial charge in [0.2, 0.25) is 11.8 Å². The van der Waals surface area contributed by atoms with Gasteiger partial charge >= 0.3 is 12.1 Å².